The van der Waals surface area contributed by atoms with Crippen molar-refractivity contribution in [3.05, 3.63) is 52.6 Å². The Morgan fingerprint density at radius 1 is 1.30 bits per heavy atom. The maximum absolute atomic E-state index is 11.9. The van der Waals surface area contributed by atoms with E-state index in [0.29, 0.717) is 0 Å². The topological polar surface area (TPSA) is 107 Å². The quantitative estimate of drug-likeness (QED) is 0.793. The highest BCUT2D eigenvalue weighted by molar-refractivity contribution is 7.86. The molecule has 0 spiro atoms. The number of aromatic nitrogens is 2. The van der Waals surface area contributed by atoms with Crippen molar-refractivity contribution in [2.75, 3.05) is 11.9 Å². The van der Waals surface area contributed by atoms with Gasteiger partial charge in [0.05, 0.1) is 11.2 Å². The number of carbonyl (C=O) groups excluding carboxylic acids is 1. The molecular weight excluding hydrogens is 322 g/mol. The Hall–Kier alpha value is -2.52. The van der Waals surface area contributed by atoms with Crippen LogP contribution in [-0.2, 0) is 26.1 Å². The average molecular weight is 337 g/mol. The van der Waals surface area contributed by atoms with Crippen LogP contribution in [0.5, 0.6) is 0 Å². The molecule has 0 radical (unpaired) electrons. The van der Waals surface area contributed by atoms with Crippen LogP contribution in [-0.4, -0.2) is 30.5 Å². The second kappa shape index (κ2) is 6.71. The number of aryl methyl sites for hydroxylation is 2. The molecule has 1 N–H and O–H groups in total. The van der Waals surface area contributed by atoms with Gasteiger partial charge in [0, 0.05) is 13.1 Å². The summed E-state index contributed by atoms with van der Waals surface area (Å²) in [5.74, 6) is -0.712. The zero-order chi connectivity index (χ0) is 17.0. The fourth-order valence-corrected chi connectivity index (χ4v) is 2.48. The van der Waals surface area contributed by atoms with Gasteiger partial charge in [-0.3, -0.25) is 13.8 Å². The summed E-state index contributed by atoms with van der Waals surface area (Å²) in [5.41, 5.74) is 0.543. The van der Waals surface area contributed by atoms with E-state index in [9.17, 15) is 18.0 Å². The van der Waals surface area contributed by atoms with Gasteiger partial charge in [0.1, 0.15) is 12.4 Å². The van der Waals surface area contributed by atoms with Gasteiger partial charge in [0.2, 0.25) is 0 Å². The standard InChI is InChI=1S/C14H15N3O5S/c1-10-3-5-11(6-4-10)23(20,21)22-8-13(18)16-12-7-14(19)17(2)9-15-12/h3-7,9H,8H2,1-2H3,(H,16,18). The van der Waals surface area contributed by atoms with Crippen LogP contribution in [0.4, 0.5) is 5.82 Å². The third-order valence-electron chi connectivity index (χ3n) is 2.90. The smallest absolute Gasteiger partial charge is 0.297 e. The number of rotatable bonds is 5. The number of hydrogen-bond donors (Lipinski definition) is 1. The Bertz CT molecular complexity index is 872. The van der Waals surface area contributed by atoms with Crippen LogP contribution in [0.15, 0.2) is 46.3 Å². The molecule has 0 saturated heterocycles. The van der Waals surface area contributed by atoms with Gasteiger partial charge in [0.15, 0.2) is 0 Å². The predicted octanol–water partition coefficient (Wildman–Crippen LogP) is 0.433. The highest BCUT2D eigenvalue weighted by Crippen LogP contribution is 2.13. The van der Waals surface area contributed by atoms with Crippen molar-refractivity contribution < 1.29 is 17.4 Å². The van der Waals surface area contributed by atoms with E-state index in [1.165, 1.54) is 30.1 Å². The molecule has 1 aromatic heterocycles. The lowest BCUT2D eigenvalue weighted by Gasteiger charge is -2.07. The van der Waals surface area contributed by atoms with E-state index in [-0.39, 0.29) is 16.3 Å². The van der Waals surface area contributed by atoms with E-state index in [4.69, 9.17) is 4.18 Å². The van der Waals surface area contributed by atoms with Crippen molar-refractivity contribution in [1.29, 1.82) is 0 Å². The summed E-state index contributed by atoms with van der Waals surface area (Å²) in [6.45, 7) is 1.11. The minimum atomic E-state index is -4.03. The monoisotopic (exact) mass is 337 g/mol. The Labute approximate surface area is 132 Å². The van der Waals surface area contributed by atoms with Gasteiger partial charge in [-0.2, -0.15) is 8.42 Å². The first-order valence-corrected chi connectivity index (χ1v) is 7.97. The van der Waals surface area contributed by atoms with E-state index in [1.807, 2.05) is 6.92 Å². The number of amides is 1. The molecule has 23 heavy (non-hydrogen) atoms. The van der Waals surface area contributed by atoms with Gasteiger partial charge >= 0.3 is 0 Å². The zero-order valence-electron chi connectivity index (χ0n) is 12.5. The van der Waals surface area contributed by atoms with Gasteiger partial charge in [-0.15, -0.1) is 0 Å². The van der Waals surface area contributed by atoms with E-state index in [2.05, 4.69) is 10.3 Å². The van der Waals surface area contributed by atoms with Crippen LogP contribution in [0.25, 0.3) is 0 Å². The van der Waals surface area contributed by atoms with Gasteiger partial charge in [-0.1, -0.05) is 17.7 Å². The number of hydrogen-bond acceptors (Lipinski definition) is 6. The summed E-state index contributed by atoms with van der Waals surface area (Å²) in [7, 11) is -2.51. The summed E-state index contributed by atoms with van der Waals surface area (Å²) in [4.78, 5) is 26.9. The van der Waals surface area contributed by atoms with Gasteiger partial charge in [0.25, 0.3) is 21.6 Å². The maximum atomic E-state index is 11.9. The molecule has 122 valence electrons. The molecule has 0 aliphatic heterocycles. The average Bonchev–Trinajstić information content (AvgIpc) is 2.50. The molecule has 1 amide bonds. The summed E-state index contributed by atoms with van der Waals surface area (Å²) >= 11 is 0. The highest BCUT2D eigenvalue weighted by Gasteiger charge is 2.17. The van der Waals surface area contributed by atoms with Crippen LogP contribution in [0.3, 0.4) is 0 Å². The number of nitrogens with one attached hydrogen (secondary N) is 1. The van der Waals surface area contributed by atoms with E-state index in [1.54, 1.807) is 12.1 Å². The molecule has 9 heteroatoms. The first kappa shape index (κ1) is 16.8. The summed E-state index contributed by atoms with van der Waals surface area (Å²) in [5, 5.41) is 2.29. The van der Waals surface area contributed by atoms with Crippen LogP contribution in [0.1, 0.15) is 5.56 Å². The zero-order valence-corrected chi connectivity index (χ0v) is 13.3. The minimum Gasteiger partial charge on any atom is -0.308 e. The fourth-order valence-electron chi connectivity index (χ4n) is 1.61. The summed E-state index contributed by atoms with van der Waals surface area (Å²) in [6, 6.07) is 7.16. The first-order valence-electron chi connectivity index (χ1n) is 6.56. The fraction of sp³-hybridized carbons (Fsp3) is 0.214. The molecule has 1 aromatic carbocycles. The molecule has 2 aromatic rings. The molecule has 0 atom stereocenters. The van der Waals surface area contributed by atoms with Crippen LogP contribution < -0.4 is 10.9 Å². The van der Waals surface area contributed by atoms with Crippen molar-refractivity contribution in [3.63, 3.8) is 0 Å². The largest absolute Gasteiger partial charge is 0.308 e. The molecule has 0 bridgehead atoms. The highest BCUT2D eigenvalue weighted by atomic mass is 32.2. The van der Waals surface area contributed by atoms with Crippen molar-refractivity contribution in [2.24, 2.45) is 7.05 Å². The van der Waals surface area contributed by atoms with Crippen LogP contribution >= 0.6 is 0 Å². The van der Waals surface area contributed by atoms with Crippen molar-refractivity contribution in [3.8, 4) is 0 Å². The lowest BCUT2D eigenvalue weighted by atomic mass is 10.2. The lowest BCUT2D eigenvalue weighted by molar-refractivity contribution is -0.118. The number of benzene rings is 1. The molecule has 0 aliphatic carbocycles. The molecule has 1 heterocycles. The molecule has 8 nitrogen and oxygen atoms in total. The minimum absolute atomic E-state index is 0.0226. The third-order valence-corrected chi connectivity index (χ3v) is 4.18. The van der Waals surface area contributed by atoms with Crippen LogP contribution in [0.2, 0.25) is 0 Å². The van der Waals surface area contributed by atoms with Crippen molar-refractivity contribution >= 4 is 21.8 Å². The number of anilines is 1. The summed E-state index contributed by atoms with van der Waals surface area (Å²) < 4.78 is 29.8. The second-order valence-electron chi connectivity index (χ2n) is 4.80. The van der Waals surface area contributed by atoms with Gasteiger partial charge in [-0.25, -0.2) is 4.98 Å². The molecule has 0 aliphatic rings. The Kier molecular flexibility index (Phi) is 4.92. The SMILES string of the molecule is Cc1ccc(S(=O)(=O)OCC(=O)Nc2cc(=O)n(C)cn2)cc1. The second-order valence-corrected chi connectivity index (χ2v) is 6.42. The van der Waals surface area contributed by atoms with Crippen molar-refractivity contribution in [2.45, 2.75) is 11.8 Å². The number of carbonyl (C=O) groups is 1. The van der Waals surface area contributed by atoms with Crippen LogP contribution in [0, 0.1) is 6.92 Å². The van der Waals surface area contributed by atoms with E-state index >= 15 is 0 Å². The van der Waals surface area contributed by atoms with Crippen molar-refractivity contribution in [1.82, 2.24) is 9.55 Å². The molecular formula is C14H15N3O5S. The van der Waals surface area contributed by atoms with E-state index in [0.717, 1.165) is 11.6 Å². The third kappa shape index (κ3) is 4.47. The molecule has 0 saturated carbocycles. The maximum Gasteiger partial charge on any atom is 0.297 e. The van der Waals surface area contributed by atoms with E-state index < -0.39 is 22.6 Å². The Morgan fingerprint density at radius 2 is 1.96 bits per heavy atom. The van der Waals surface area contributed by atoms with Gasteiger partial charge in [-0.05, 0) is 19.1 Å². The number of nitrogens with zero attached hydrogens (tertiary/aromatic N) is 2. The Morgan fingerprint density at radius 3 is 2.57 bits per heavy atom. The summed E-state index contributed by atoms with van der Waals surface area (Å²) in [6.07, 6.45) is 1.24. The first-order chi connectivity index (χ1) is 10.8. The Balaban J connectivity index is 1.99. The predicted molar refractivity (Wildman–Crippen MR) is 82.4 cm³/mol. The lowest BCUT2D eigenvalue weighted by Crippen LogP contribution is -2.24. The molecule has 0 fully saturated rings. The van der Waals surface area contributed by atoms with Gasteiger partial charge < -0.3 is 9.88 Å². The molecule has 0 unspecified atom stereocenters. The molecule has 2 rings (SSSR count). The normalized spacial score (nSPS) is 11.2.